The van der Waals surface area contributed by atoms with Crippen molar-refractivity contribution in [3.63, 3.8) is 0 Å². The third-order valence-corrected chi connectivity index (χ3v) is 4.03. The molecule has 1 aromatic rings. The van der Waals surface area contributed by atoms with Gasteiger partial charge in [0.15, 0.2) is 0 Å². The summed E-state index contributed by atoms with van der Waals surface area (Å²) in [6, 6.07) is 7.44. The standard InChI is InChI=1S/C15H23ClN2O2/c1-12(19)10-17-6-8-18(9-7-17)11-15(20)13-4-2-3-5-14(13)16/h2-5,12,15,19-20H,6-11H2,1H3/t12-,15+/m0/s1. The molecular formula is C15H23ClN2O2. The number of halogens is 1. The summed E-state index contributed by atoms with van der Waals surface area (Å²) in [5.74, 6) is 0. The van der Waals surface area contributed by atoms with E-state index in [0.717, 1.165) is 38.3 Å². The van der Waals surface area contributed by atoms with Gasteiger partial charge in [0.2, 0.25) is 0 Å². The number of piperazine rings is 1. The van der Waals surface area contributed by atoms with Crippen molar-refractivity contribution in [2.45, 2.75) is 19.1 Å². The van der Waals surface area contributed by atoms with Gasteiger partial charge < -0.3 is 10.2 Å². The van der Waals surface area contributed by atoms with Gasteiger partial charge in [-0.15, -0.1) is 0 Å². The van der Waals surface area contributed by atoms with Crippen molar-refractivity contribution in [3.8, 4) is 0 Å². The van der Waals surface area contributed by atoms with Gasteiger partial charge >= 0.3 is 0 Å². The number of β-amino-alcohol motifs (C(OH)–C–C–N with tert-alkyl or cyclic N) is 2. The Labute approximate surface area is 125 Å². The van der Waals surface area contributed by atoms with Crippen LogP contribution in [0.15, 0.2) is 24.3 Å². The minimum Gasteiger partial charge on any atom is -0.392 e. The first kappa shape index (κ1) is 15.7. The van der Waals surface area contributed by atoms with Gasteiger partial charge in [0.05, 0.1) is 12.2 Å². The molecule has 0 aromatic heterocycles. The van der Waals surface area contributed by atoms with Crippen LogP contribution in [0.1, 0.15) is 18.6 Å². The zero-order chi connectivity index (χ0) is 14.5. The Morgan fingerprint density at radius 3 is 2.15 bits per heavy atom. The van der Waals surface area contributed by atoms with Crippen LogP contribution in [-0.2, 0) is 0 Å². The highest BCUT2D eigenvalue weighted by Crippen LogP contribution is 2.23. The van der Waals surface area contributed by atoms with Crippen LogP contribution >= 0.6 is 11.6 Å². The molecule has 5 heteroatoms. The molecular weight excluding hydrogens is 276 g/mol. The molecule has 0 amide bonds. The van der Waals surface area contributed by atoms with Gasteiger partial charge in [0.1, 0.15) is 0 Å². The Bertz CT molecular complexity index is 420. The number of aliphatic hydroxyl groups excluding tert-OH is 2. The monoisotopic (exact) mass is 298 g/mol. The highest BCUT2D eigenvalue weighted by atomic mass is 35.5. The Morgan fingerprint density at radius 2 is 1.60 bits per heavy atom. The summed E-state index contributed by atoms with van der Waals surface area (Å²) >= 11 is 6.10. The molecule has 2 N–H and O–H groups in total. The van der Waals surface area contributed by atoms with Crippen LogP contribution in [0, 0.1) is 0 Å². The zero-order valence-corrected chi connectivity index (χ0v) is 12.6. The van der Waals surface area contributed by atoms with Crippen molar-refractivity contribution in [3.05, 3.63) is 34.9 Å². The molecule has 1 aliphatic heterocycles. The molecule has 0 radical (unpaired) electrons. The second kappa shape index (κ2) is 7.38. The van der Waals surface area contributed by atoms with Crippen LogP contribution in [0.5, 0.6) is 0 Å². The molecule has 1 aliphatic rings. The summed E-state index contributed by atoms with van der Waals surface area (Å²) in [6.45, 7) is 6.82. The second-order valence-corrected chi connectivity index (χ2v) is 5.89. The third kappa shape index (κ3) is 4.43. The summed E-state index contributed by atoms with van der Waals surface area (Å²) in [4.78, 5) is 4.50. The lowest BCUT2D eigenvalue weighted by molar-refractivity contribution is 0.0527. The van der Waals surface area contributed by atoms with E-state index in [4.69, 9.17) is 11.6 Å². The normalized spacial score (nSPS) is 20.8. The second-order valence-electron chi connectivity index (χ2n) is 5.49. The highest BCUT2D eigenvalue weighted by Gasteiger charge is 2.21. The molecule has 0 saturated carbocycles. The first-order valence-electron chi connectivity index (χ1n) is 7.11. The van der Waals surface area contributed by atoms with Crippen LogP contribution in [0.3, 0.4) is 0 Å². The summed E-state index contributed by atoms with van der Waals surface area (Å²) in [6.07, 6.45) is -0.831. The Kier molecular flexibility index (Phi) is 5.81. The molecule has 20 heavy (non-hydrogen) atoms. The maximum absolute atomic E-state index is 10.3. The van der Waals surface area contributed by atoms with Crippen LogP contribution in [-0.4, -0.2) is 65.4 Å². The fraction of sp³-hybridized carbons (Fsp3) is 0.600. The van der Waals surface area contributed by atoms with Crippen LogP contribution in [0.4, 0.5) is 0 Å². The van der Waals surface area contributed by atoms with Gasteiger partial charge in [-0.1, -0.05) is 29.8 Å². The molecule has 2 rings (SSSR count). The van der Waals surface area contributed by atoms with Crippen molar-refractivity contribution in [2.24, 2.45) is 0 Å². The Morgan fingerprint density at radius 1 is 1.05 bits per heavy atom. The first-order chi connectivity index (χ1) is 9.56. The third-order valence-electron chi connectivity index (χ3n) is 3.68. The van der Waals surface area contributed by atoms with Gasteiger partial charge in [0.25, 0.3) is 0 Å². The van der Waals surface area contributed by atoms with Crippen molar-refractivity contribution in [1.82, 2.24) is 9.80 Å². The lowest BCUT2D eigenvalue weighted by Crippen LogP contribution is -2.49. The molecule has 0 aliphatic carbocycles. The molecule has 0 unspecified atom stereocenters. The number of rotatable bonds is 5. The lowest BCUT2D eigenvalue weighted by atomic mass is 10.1. The predicted molar refractivity (Wildman–Crippen MR) is 81.0 cm³/mol. The van der Waals surface area contributed by atoms with E-state index in [1.54, 1.807) is 6.07 Å². The minimum atomic E-state index is -0.549. The summed E-state index contributed by atoms with van der Waals surface area (Å²) < 4.78 is 0. The largest absolute Gasteiger partial charge is 0.392 e. The minimum absolute atomic E-state index is 0.282. The topological polar surface area (TPSA) is 46.9 Å². The van der Waals surface area contributed by atoms with E-state index in [2.05, 4.69) is 9.80 Å². The molecule has 1 aromatic carbocycles. The quantitative estimate of drug-likeness (QED) is 0.862. The van der Waals surface area contributed by atoms with Crippen molar-refractivity contribution in [1.29, 1.82) is 0 Å². The average molecular weight is 299 g/mol. The fourth-order valence-corrected chi connectivity index (χ4v) is 2.88. The summed E-state index contributed by atoms with van der Waals surface area (Å²) in [7, 11) is 0. The molecule has 2 atom stereocenters. The average Bonchev–Trinajstić information content (AvgIpc) is 2.41. The smallest absolute Gasteiger partial charge is 0.0931 e. The fourth-order valence-electron chi connectivity index (χ4n) is 2.62. The molecule has 1 fully saturated rings. The van der Waals surface area contributed by atoms with E-state index in [1.807, 2.05) is 25.1 Å². The molecule has 112 valence electrons. The summed E-state index contributed by atoms with van der Waals surface area (Å²) in [5, 5.41) is 20.3. The Hall–Kier alpha value is -0.650. The van der Waals surface area contributed by atoms with Crippen LogP contribution in [0.2, 0.25) is 5.02 Å². The number of nitrogens with zero attached hydrogens (tertiary/aromatic N) is 2. The molecule has 0 spiro atoms. The molecule has 1 heterocycles. The number of hydrogen-bond acceptors (Lipinski definition) is 4. The van der Waals surface area contributed by atoms with Crippen molar-refractivity contribution >= 4 is 11.6 Å². The summed E-state index contributed by atoms with van der Waals surface area (Å²) in [5.41, 5.74) is 0.792. The van der Waals surface area contributed by atoms with Gasteiger partial charge in [-0.05, 0) is 13.0 Å². The van der Waals surface area contributed by atoms with Crippen molar-refractivity contribution < 1.29 is 10.2 Å². The number of benzene rings is 1. The molecule has 1 saturated heterocycles. The molecule has 4 nitrogen and oxygen atoms in total. The maximum atomic E-state index is 10.3. The van der Waals surface area contributed by atoms with E-state index in [9.17, 15) is 10.2 Å². The van der Waals surface area contributed by atoms with Crippen LogP contribution < -0.4 is 0 Å². The Balaban J connectivity index is 1.82. The van der Waals surface area contributed by atoms with Crippen molar-refractivity contribution in [2.75, 3.05) is 39.3 Å². The first-order valence-corrected chi connectivity index (χ1v) is 7.49. The van der Waals surface area contributed by atoms with Gasteiger partial charge in [-0.25, -0.2) is 0 Å². The van der Waals surface area contributed by atoms with Crippen LogP contribution in [0.25, 0.3) is 0 Å². The SMILES string of the molecule is C[C@H](O)CN1CCN(C[C@@H](O)c2ccccc2Cl)CC1. The highest BCUT2D eigenvalue weighted by molar-refractivity contribution is 6.31. The van der Waals surface area contributed by atoms with E-state index in [1.165, 1.54) is 0 Å². The van der Waals surface area contributed by atoms with E-state index < -0.39 is 6.10 Å². The lowest BCUT2D eigenvalue weighted by Gasteiger charge is -2.36. The maximum Gasteiger partial charge on any atom is 0.0931 e. The number of hydrogen-bond donors (Lipinski definition) is 2. The van der Waals surface area contributed by atoms with E-state index in [-0.39, 0.29) is 6.10 Å². The van der Waals surface area contributed by atoms with E-state index >= 15 is 0 Å². The molecule has 0 bridgehead atoms. The van der Waals surface area contributed by atoms with E-state index in [0.29, 0.717) is 11.6 Å². The number of aliphatic hydroxyl groups is 2. The predicted octanol–water partition coefficient (Wildman–Crippen LogP) is 1.37. The zero-order valence-electron chi connectivity index (χ0n) is 11.9. The van der Waals surface area contributed by atoms with Gasteiger partial charge in [-0.3, -0.25) is 9.80 Å². The van der Waals surface area contributed by atoms with Gasteiger partial charge in [0, 0.05) is 49.9 Å². The van der Waals surface area contributed by atoms with Gasteiger partial charge in [-0.2, -0.15) is 0 Å².